The van der Waals surface area contributed by atoms with Crippen LogP contribution in [0.3, 0.4) is 0 Å². The molecule has 0 unspecified atom stereocenters. The number of allylic oxidation sites excluding steroid dienone is 4. The second kappa shape index (κ2) is 3.90. The summed E-state index contributed by atoms with van der Waals surface area (Å²) >= 11 is 5.70. The average Bonchev–Trinajstić information content (AvgIpc) is 2.35. The molecule has 0 saturated heterocycles. The highest BCUT2D eigenvalue weighted by Gasteiger charge is 2.27. The molecule has 0 bridgehead atoms. The lowest BCUT2D eigenvalue weighted by atomic mass is 9.95. The van der Waals surface area contributed by atoms with Crippen LogP contribution >= 0.6 is 11.6 Å². The van der Waals surface area contributed by atoms with E-state index in [0.717, 1.165) is 28.9 Å². The van der Waals surface area contributed by atoms with Crippen molar-refractivity contribution < 1.29 is 4.79 Å². The van der Waals surface area contributed by atoms with Crippen LogP contribution in [0.25, 0.3) is 6.08 Å². The van der Waals surface area contributed by atoms with Gasteiger partial charge in [0.25, 0.3) is 0 Å². The van der Waals surface area contributed by atoms with Crippen molar-refractivity contribution in [2.45, 2.75) is 6.42 Å². The zero-order valence-corrected chi connectivity index (χ0v) is 9.82. The summed E-state index contributed by atoms with van der Waals surface area (Å²) in [5.41, 5.74) is 3.88. The minimum atomic E-state index is -0.468. The number of fused-ring (bicyclic) bond motifs is 2. The molecule has 1 amide bonds. The molecule has 2 aliphatic rings. The number of hydrogen-bond donors (Lipinski definition) is 0. The Morgan fingerprint density at radius 1 is 1.29 bits per heavy atom. The van der Waals surface area contributed by atoms with E-state index in [4.69, 9.17) is 11.6 Å². The predicted octanol–water partition coefficient (Wildman–Crippen LogP) is 4.09. The van der Waals surface area contributed by atoms with Gasteiger partial charge in [-0.2, -0.15) is 0 Å². The highest BCUT2D eigenvalue weighted by molar-refractivity contribution is 6.66. The molecule has 3 rings (SSSR count). The lowest BCUT2D eigenvalue weighted by Gasteiger charge is -2.31. The van der Waals surface area contributed by atoms with Gasteiger partial charge < -0.3 is 0 Å². The monoisotopic (exact) mass is 243 g/mol. The molecule has 0 atom stereocenters. The van der Waals surface area contributed by atoms with Gasteiger partial charge in [0, 0.05) is 0 Å². The van der Waals surface area contributed by atoms with Crippen molar-refractivity contribution in [2.75, 3.05) is 4.90 Å². The van der Waals surface area contributed by atoms with Gasteiger partial charge >= 0.3 is 5.37 Å². The Morgan fingerprint density at radius 2 is 2.12 bits per heavy atom. The van der Waals surface area contributed by atoms with E-state index in [9.17, 15) is 4.79 Å². The lowest BCUT2D eigenvalue weighted by molar-refractivity contribution is 0.265. The molecule has 1 aliphatic carbocycles. The first-order valence-corrected chi connectivity index (χ1v) is 5.81. The van der Waals surface area contributed by atoms with Crippen LogP contribution in [0, 0.1) is 0 Å². The fraction of sp³-hybridized carbons (Fsp3) is 0.0714. The van der Waals surface area contributed by atoms with Gasteiger partial charge in [0.1, 0.15) is 0 Å². The summed E-state index contributed by atoms with van der Waals surface area (Å²) in [5, 5.41) is -0.468. The maximum atomic E-state index is 11.6. The summed E-state index contributed by atoms with van der Waals surface area (Å²) in [7, 11) is 0. The number of hydrogen-bond acceptors (Lipinski definition) is 1. The maximum Gasteiger partial charge on any atom is 0.325 e. The van der Waals surface area contributed by atoms with Crippen molar-refractivity contribution in [2.24, 2.45) is 0 Å². The van der Waals surface area contributed by atoms with E-state index in [1.54, 1.807) is 4.90 Å². The summed E-state index contributed by atoms with van der Waals surface area (Å²) < 4.78 is 0. The topological polar surface area (TPSA) is 20.3 Å². The predicted molar refractivity (Wildman–Crippen MR) is 70.0 cm³/mol. The zero-order chi connectivity index (χ0) is 11.8. The van der Waals surface area contributed by atoms with Crippen LogP contribution in [0.4, 0.5) is 10.5 Å². The molecule has 17 heavy (non-hydrogen) atoms. The number of carbonyl (C=O) groups excluding carboxylic acids is 1. The quantitative estimate of drug-likeness (QED) is 0.496. The van der Waals surface area contributed by atoms with E-state index in [-0.39, 0.29) is 0 Å². The van der Waals surface area contributed by atoms with Gasteiger partial charge in [-0.1, -0.05) is 30.4 Å². The third kappa shape index (κ3) is 1.61. The lowest BCUT2D eigenvalue weighted by Crippen LogP contribution is -2.29. The number of carbonyl (C=O) groups is 1. The van der Waals surface area contributed by atoms with Crippen molar-refractivity contribution >= 4 is 28.7 Å². The first-order valence-electron chi connectivity index (χ1n) is 5.44. The Hall–Kier alpha value is -1.80. The van der Waals surface area contributed by atoms with Gasteiger partial charge in [0.2, 0.25) is 0 Å². The molecule has 3 heteroatoms. The van der Waals surface area contributed by atoms with Crippen molar-refractivity contribution in [3.63, 3.8) is 0 Å². The minimum Gasteiger partial charge on any atom is -0.267 e. The number of halogens is 1. The third-order valence-electron chi connectivity index (χ3n) is 2.98. The van der Waals surface area contributed by atoms with Gasteiger partial charge in [0.05, 0.1) is 11.4 Å². The Kier molecular flexibility index (Phi) is 2.37. The maximum absolute atomic E-state index is 11.6. The first kappa shape index (κ1) is 10.4. The van der Waals surface area contributed by atoms with Gasteiger partial charge in [-0.3, -0.25) is 9.69 Å². The van der Waals surface area contributed by atoms with Crippen molar-refractivity contribution in [3.8, 4) is 0 Å². The highest BCUT2D eigenvalue weighted by atomic mass is 35.5. The van der Waals surface area contributed by atoms with Gasteiger partial charge in [-0.25, -0.2) is 0 Å². The molecule has 0 aromatic heterocycles. The standard InChI is InChI=1S/C14H10ClNO/c15-14(17)16-12-7-3-1-5-10(12)9-11-6-2-4-8-13(11)16/h1-5,7-9H,6H2. The summed E-state index contributed by atoms with van der Waals surface area (Å²) in [4.78, 5) is 13.2. The van der Waals surface area contributed by atoms with E-state index in [1.807, 2.05) is 36.4 Å². The molecular weight excluding hydrogens is 234 g/mol. The van der Waals surface area contributed by atoms with Crippen LogP contribution in [0.2, 0.25) is 0 Å². The normalized spacial score (nSPS) is 16.9. The molecule has 84 valence electrons. The Labute approximate surface area is 104 Å². The molecule has 2 nitrogen and oxygen atoms in total. The molecule has 1 aromatic rings. The van der Waals surface area contributed by atoms with Crippen molar-refractivity contribution in [3.05, 3.63) is 59.3 Å². The number of anilines is 1. The number of rotatable bonds is 0. The van der Waals surface area contributed by atoms with Gasteiger partial charge in [-0.05, 0) is 47.4 Å². The largest absolute Gasteiger partial charge is 0.325 e. The van der Waals surface area contributed by atoms with Crippen molar-refractivity contribution in [1.82, 2.24) is 0 Å². The SMILES string of the molecule is O=C(Cl)N1C2=CC=CCC2=Cc2ccccc21. The van der Waals surface area contributed by atoms with E-state index < -0.39 is 5.37 Å². The number of nitrogens with zero attached hydrogens (tertiary/aromatic N) is 1. The summed E-state index contributed by atoms with van der Waals surface area (Å²) in [6, 6.07) is 7.76. The molecule has 0 N–H and O–H groups in total. The fourth-order valence-electron chi connectivity index (χ4n) is 2.24. The average molecular weight is 244 g/mol. The van der Waals surface area contributed by atoms with Crippen LogP contribution in [0.15, 0.2) is 53.8 Å². The van der Waals surface area contributed by atoms with E-state index in [1.165, 1.54) is 0 Å². The smallest absolute Gasteiger partial charge is 0.267 e. The molecular formula is C14H10ClNO. The number of amides is 1. The minimum absolute atomic E-state index is 0.468. The van der Waals surface area contributed by atoms with Crippen LogP contribution < -0.4 is 4.90 Å². The second-order valence-electron chi connectivity index (χ2n) is 4.00. The van der Waals surface area contributed by atoms with Crippen LogP contribution in [-0.2, 0) is 0 Å². The molecule has 0 radical (unpaired) electrons. The summed E-state index contributed by atoms with van der Waals surface area (Å²) in [6.07, 6.45) is 8.89. The highest BCUT2D eigenvalue weighted by Crippen LogP contribution is 2.38. The molecule has 1 aromatic carbocycles. The second-order valence-corrected chi connectivity index (χ2v) is 4.32. The third-order valence-corrected chi connectivity index (χ3v) is 3.15. The fourth-order valence-corrected chi connectivity index (χ4v) is 2.42. The molecule has 1 aliphatic heterocycles. The Bertz CT molecular complexity index is 584. The number of benzene rings is 1. The Balaban J connectivity index is 2.24. The molecule has 1 heterocycles. The van der Waals surface area contributed by atoms with Crippen LogP contribution in [0.1, 0.15) is 12.0 Å². The van der Waals surface area contributed by atoms with E-state index in [0.29, 0.717) is 0 Å². The zero-order valence-electron chi connectivity index (χ0n) is 9.06. The van der Waals surface area contributed by atoms with E-state index in [2.05, 4.69) is 12.2 Å². The number of para-hydroxylation sites is 1. The molecule has 0 saturated carbocycles. The van der Waals surface area contributed by atoms with Crippen LogP contribution in [0.5, 0.6) is 0 Å². The first-order chi connectivity index (χ1) is 8.27. The van der Waals surface area contributed by atoms with E-state index >= 15 is 0 Å². The summed E-state index contributed by atoms with van der Waals surface area (Å²) in [6.45, 7) is 0. The summed E-state index contributed by atoms with van der Waals surface area (Å²) in [5.74, 6) is 0. The molecule has 0 fully saturated rings. The Morgan fingerprint density at radius 3 is 2.94 bits per heavy atom. The van der Waals surface area contributed by atoms with Gasteiger partial charge in [-0.15, -0.1) is 0 Å². The molecule has 0 spiro atoms. The van der Waals surface area contributed by atoms with Gasteiger partial charge in [0.15, 0.2) is 0 Å². The van der Waals surface area contributed by atoms with Crippen molar-refractivity contribution in [1.29, 1.82) is 0 Å². The van der Waals surface area contributed by atoms with Crippen LogP contribution in [-0.4, -0.2) is 5.37 Å².